The Hall–Kier alpha value is -2.21. The zero-order chi connectivity index (χ0) is 15.6. The highest BCUT2D eigenvalue weighted by atomic mass is 19.1. The van der Waals surface area contributed by atoms with Crippen molar-refractivity contribution in [3.05, 3.63) is 40.9 Å². The van der Waals surface area contributed by atoms with Crippen LogP contribution in [0.3, 0.4) is 0 Å². The fourth-order valence-corrected chi connectivity index (χ4v) is 3.40. The molecule has 2 aliphatic heterocycles. The molecule has 5 nitrogen and oxygen atoms in total. The standard InChI is InChI=1S/C16H14FNO4/c1-16(2)21-13-9-6-12(14(13)22-16)18(15(9)20)11-5-8(7-19)3-4-10(11)17/h3-5,7,12,14H,6H2,1-2H3/t12-,14+/m1/s1. The van der Waals surface area contributed by atoms with Crippen molar-refractivity contribution in [1.29, 1.82) is 0 Å². The van der Waals surface area contributed by atoms with Crippen molar-refractivity contribution in [3.63, 3.8) is 0 Å². The molecule has 0 aromatic heterocycles. The normalized spacial score (nSPS) is 28.1. The van der Waals surface area contributed by atoms with Gasteiger partial charge in [-0.2, -0.15) is 0 Å². The summed E-state index contributed by atoms with van der Waals surface area (Å²) in [5, 5.41) is 0. The number of benzene rings is 1. The Balaban J connectivity index is 1.78. The number of carbonyl (C=O) groups excluding carboxylic acids is 2. The van der Waals surface area contributed by atoms with E-state index in [0.717, 1.165) is 0 Å². The van der Waals surface area contributed by atoms with Gasteiger partial charge in [0.05, 0.1) is 17.3 Å². The molecule has 0 saturated carbocycles. The molecule has 0 radical (unpaired) electrons. The molecule has 2 fully saturated rings. The van der Waals surface area contributed by atoms with Crippen LogP contribution < -0.4 is 4.90 Å². The molecular weight excluding hydrogens is 289 g/mol. The molecule has 22 heavy (non-hydrogen) atoms. The fraction of sp³-hybridized carbons (Fsp3) is 0.375. The first-order valence-corrected chi connectivity index (χ1v) is 7.09. The van der Waals surface area contributed by atoms with E-state index in [1.807, 2.05) is 0 Å². The lowest BCUT2D eigenvalue weighted by molar-refractivity contribution is -0.136. The number of aldehydes is 1. The Labute approximate surface area is 126 Å². The first-order chi connectivity index (χ1) is 10.4. The maximum atomic E-state index is 14.2. The largest absolute Gasteiger partial charge is 0.464 e. The minimum absolute atomic E-state index is 0.113. The maximum Gasteiger partial charge on any atom is 0.258 e. The number of ether oxygens (including phenoxy) is 2. The highest BCUT2D eigenvalue weighted by Gasteiger charge is 2.58. The average molecular weight is 303 g/mol. The summed E-state index contributed by atoms with van der Waals surface area (Å²) in [4.78, 5) is 24.8. The summed E-state index contributed by atoms with van der Waals surface area (Å²) in [5.41, 5.74) is 0.975. The first kappa shape index (κ1) is 13.5. The van der Waals surface area contributed by atoms with Crippen LogP contribution in [0.1, 0.15) is 30.6 Å². The summed E-state index contributed by atoms with van der Waals surface area (Å²) in [6, 6.07) is 3.65. The van der Waals surface area contributed by atoms with Gasteiger partial charge >= 0.3 is 0 Å². The van der Waals surface area contributed by atoms with Gasteiger partial charge in [-0.3, -0.25) is 14.5 Å². The van der Waals surface area contributed by atoms with Gasteiger partial charge in [-0.15, -0.1) is 0 Å². The lowest BCUT2D eigenvalue weighted by Gasteiger charge is -2.29. The molecule has 3 aliphatic rings. The molecule has 0 unspecified atom stereocenters. The van der Waals surface area contributed by atoms with E-state index in [1.54, 1.807) is 13.8 Å². The summed E-state index contributed by atoms with van der Waals surface area (Å²) in [6.45, 7) is 3.56. The quantitative estimate of drug-likeness (QED) is 0.786. The Bertz CT molecular complexity index is 740. The minimum Gasteiger partial charge on any atom is -0.464 e. The average Bonchev–Trinajstić information content (AvgIpc) is 3.06. The van der Waals surface area contributed by atoms with Gasteiger partial charge in [0.1, 0.15) is 24.0 Å². The summed E-state index contributed by atoms with van der Waals surface area (Å²) in [5.74, 6) is -1.03. The SMILES string of the molecule is CC1(C)OC2=C3C[C@H]([C@@H]2O1)N(c1cc(C=O)ccc1F)C3=O. The van der Waals surface area contributed by atoms with Crippen LogP contribution in [0.5, 0.6) is 0 Å². The predicted octanol–water partition coefficient (Wildman–Crippen LogP) is 2.16. The monoisotopic (exact) mass is 303 g/mol. The van der Waals surface area contributed by atoms with E-state index in [4.69, 9.17) is 9.47 Å². The second-order valence-electron chi connectivity index (χ2n) is 6.16. The molecule has 0 spiro atoms. The first-order valence-electron chi connectivity index (χ1n) is 7.09. The Kier molecular flexibility index (Phi) is 2.55. The number of hydrogen-bond donors (Lipinski definition) is 0. The van der Waals surface area contributed by atoms with Gasteiger partial charge in [0.2, 0.25) is 5.79 Å². The van der Waals surface area contributed by atoms with E-state index < -0.39 is 11.6 Å². The Morgan fingerprint density at radius 2 is 2.18 bits per heavy atom. The van der Waals surface area contributed by atoms with Crippen LogP contribution in [0.4, 0.5) is 10.1 Å². The number of halogens is 1. The minimum atomic E-state index is -0.788. The highest BCUT2D eigenvalue weighted by Crippen LogP contribution is 2.49. The van der Waals surface area contributed by atoms with Crippen LogP contribution >= 0.6 is 0 Å². The smallest absolute Gasteiger partial charge is 0.258 e. The van der Waals surface area contributed by atoms with Gasteiger partial charge < -0.3 is 9.47 Å². The number of nitrogens with zero attached hydrogens (tertiary/aromatic N) is 1. The third-order valence-electron chi connectivity index (χ3n) is 4.26. The van der Waals surface area contributed by atoms with Crippen molar-refractivity contribution in [2.45, 2.75) is 38.2 Å². The third kappa shape index (κ3) is 1.67. The molecular formula is C16H14FNO4. The molecule has 2 bridgehead atoms. The number of rotatable bonds is 2. The van der Waals surface area contributed by atoms with Crippen LogP contribution in [0.15, 0.2) is 29.5 Å². The van der Waals surface area contributed by atoms with E-state index in [9.17, 15) is 14.0 Å². The molecule has 1 aromatic rings. The molecule has 2 saturated heterocycles. The van der Waals surface area contributed by atoms with Crippen molar-refractivity contribution < 1.29 is 23.5 Å². The number of anilines is 1. The van der Waals surface area contributed by atoms with Crippen LogP contribution in [-0.4, -0.2) is 30.1 Å². The lowest BCUT2D eigenvalue weighted by Crippen LogP contribution is -2.44. The second-order valence-corrected chi connectivity index (χ2v) is 6.16. The second kappa shape index (κ2) is 4.16. The Morgan fingerprint density at radius 3 is 2.91 bits per heavy atom. The van der Waals surface area contributed by atoms with Crippen molar-refractivity contribution in [2.75, 3.05) is 4.90 Å². The van der Waals surface area contributed by atoms with E-state index in [-0.39, 0.29) is 23.7 Å². The molecule has 1 amide bonds. The topological polar surface area (TPSA) is 55.8 Å². The van der Waals surface area contributed by atoms with Crippen LogP contribution in [0.25, 0.3) is 0 Å². The number of hydrogen-bond acceptors (Lipinski definition) is 4. The third-order valence-corrected chi connectivity index (χ3v) is 4.26. The molecule has 2 atom stereocenters. The van der Waals surface area contributed by atoms with E-state index in [1.165, 1.54) is 23.1 Å². The van der Waals surface area contributed by atoms with Crippen LogP contribution in [0.2, 0.25) is 0 Å². The molecule has 0 N–H and O–H groups in total. The van der Waals surface area contributed by atoms with Crippen LogP contribution in [-0.2, 0) is 14.3 Å². The van der Waals surface area contributed by atoms with Gasteiger partial charge in [0.15, 0.2) is 0 Å². The zero-order valence-corrected chi connectivity index (χ0v) is 12.1. The van der Waals surface area contributed by atoms with E-state index in [0.29, 0.717) is 29.6 Å². The molecule has 2 heterocycles. The molecule has 1 aromatic carbocycles. The van der Waals surface area contributed by atoms with Crippen molar-refractivity contribution in [1.82, 2.24) is 0 Å². The Morgan fingerprint density at radius 1 is 1.41 bits per heavy atom. The van der Waals surface area contributed by atoms with Gasteiger partial charge in [-0.25, -0.2) is 4.39 Å². The summed E-state index contributed by atoms with van der Waals surface area (Å²) in [6.07, 6.45) is 0.728. The lowest BCUT2D eigenvalue weighted by atomic mass is 10.1. The molecule has 4 rings (SSSR count). The summed E-state index contributed by atoms with van der Waals surface area (Å²) < 4.78 is 25.7. The summed E-state index contributed by atoms with van der Waals surface area (Å²) in [7, 11) is 0. The number of carbonyl (C=O) groups is 2. The van der Waals surface area contributed by atoms with Gasteiger partial charge in [0.25, 0.3) is 5.91 Å². The molecule has 114 valence electrons. The molecule has 6 heteroatoms. The summed E-state index contributed by atoms with van der Waals surface area (Å²) >= 11 is 0. The predicted molar refractivity (Wildman–Crippen MR) is 74.7 cm³/mol. The van der Waals surface area contributed by atoms with Gasteiger partial charge in [-0.1, -0.05) is 0 Å². The van der Waals surface area contributed by atoms with Crippen molar-refractivity contribution >= 4 is 17.9 Å². The maximum absolute atomic E-state index is 14.2. The van der Waals surface area contributed by atoms with Crippen molar-refractivity contribution in [2.24, 2.45) is 0 Å². The highest BCUT2D eigenvalue weighted by molar-refractivity contribution is 6.11. The van der Waals surface area contributed by atoms with Crippen molar-refractivity contribution in [3.8, 4) is 0 Å². The van der Waals surface area contributed by atoms with Crippen LogP contribution in [0, 0.1) is 5.82 Å². The molecule has 1 aliphatic carbocycles. The van der Waals surface area contributed by atoms with Gasteiger partial charge in [-0.05, 0) is 18.2 Å². The number of amides is 1. The number of fused-ring (bicyclic) bond motifs is 4. The fourth-order valence-electron chi connectivity index (χ4n) is 3.40. The van der Waals surface area contributed by atoms with E-state index >= 15 is 0 Å². The van der Waals surface area contributed by atoms with Gasteiger partial charge in [0, 0.05) is 25.8 Å². The zero-order valence-electron chi connectivity index (χ0n) is 12.1. The van der Waals surface area contributed by atoms with E-state index in [2.05, 4.69) is 0 Å².